The highest BCUT2D eigenvalue weighted by Gasteiger charge is 2.32. The lowest BCUT2D eigenvalue weighted by Gasteiger charge is -2.14. The molecule has 1 aromatic rings. The van der Waals surface area contributed by atoms with Crippen LogP contribution in [-0.2, 0) is 6.42 Å². The molecule has 0 aromatic heterocycles. The monoisotopic (exact) mass is 192 g/mol. The van der Waals surface area contributed by atoms with E-state index < -0.39 is 5.79 Å². The highest BCUT2D eigenvalue weighted by molar-refractivity contribution is 5.95. The van der Waals surface area contributed by atoms with Crippen LogP contribution in [0.4, 0.5) is 0 Å². The van der Waals surface area contributed by atoms with E-state index in [1.165, 1.54) is 0 Å². The molecule has 4 N–H and O–H groups in total. The van der Waals surface area contributed by atoms with Gasteiger partial charge in [-0.3, -0.25) is 5.41 Å². The lowest BCUT2D eigenvalue weighted by molar-refractivity contribution is -0.104. The molecule has 1 heterocycles. The van der Waals surface area contributed by atoms with Crippen molar-refractivity contribution in [2.45, 2.75) is 19.1 Å². The van der Waals surface area contributed by atoms with E-state index in [0.717, 1.165) is 5.56 Å². The van der Waals surface area contributed by atoms with Crippen molar-refractivity contribution in [3.05, 3.63) is 29.3 Å². The summed E-state index contributed by atoms with van der Waals surface area (Å²) in [4.78, 5) is 0. The number of benzene rings is 1. The molecule has 1 unspecified atom stereocenters. The maximum absolute atomic E-state index is 9.64. The summed E-state index contributed by atoms with van der Waals surface area (Å²) in [6.45, 7) is 1.61. The number of hydrogen-bond donors (Lipinski definition) is 3. The molecular formula is C10H12N2O2. The van der Waals surface area contributed by atoms with Gasteiger partial charge in [0.05, 0.1) is 0 Å². The predicted molar refractivity (Wildman–Crippen MR) is 52.4 cm³/mol. The molecule has 4 nitrogen and oxygen atoms in total. The third kappa shape index (κ3) is 1.44. The molecule has 1 aliphatic rings. The first-order chi connectivity index (χ1) is 6.48. The number of ether oxygens (including phenoxy) is 1. The van der Waals surface area contributed by atoms with E-state index in [4.69, 9.17) is 15.9 Å². The van der Waals surface area contributed by atoms with Crippen LogP contribution >= 0.6 is 0 Å². The largest absolute Gasteiger partial charge is 0.462 e. The average molecular weight is 192 g/mol. The number of aliphatic hydroxyl groups is 1. The van der Waals surface area contributed by atoms with E-state index in [-0.39, 0.29) is 5.84 Å². The molecule has 4 heteroatoms. The molecule has 1 aliphatic heterocycles. The van der Waals surface area contributed by atoms with Crippen LogP contribution in [0.2, 0.25) is 0 Å². The SMILES string of the molecule is CC1(O)Cc2cc(C(=N)N)ccc2O1. The number of nitrogens with one attached hydrogen (secondary N) is 1. The van der Waals surface area contributed by atoms with E-state index >= 15 is 0 Å². The first kappa shape index (κ1) is 9.02. The topological polar surface area (TPSA) is 79.3 Å². The van der Waals surface area contributed by atoms with Gasteiger partial charge in [0, 0.05) is 24.5 Å². The summed E-state index contributed by atoms with van der Waals surface area (Å²) >= 11 is 0. The molecule has 0 amide bonds. The van der Waals surface area contributed by atoms with Gasteiger partial charge in [-0.25, -0.2) is 0 Å². The van der Waals surface area contributed by atoms with E-state index in [1.54, 1.807) is 25.1 Å². The van der Waals surface area contributed by atoms with Crippen molar-refractivity contribution in [2.75, 3.05) is 0 Å². The molecule has 0 fully saturated rings. The van der Waals surface area contributed by atoms with Crippen LogP contribution in [0.15, 0.2) is 18.2 Å². The highest BCUT2D eigenvalue weighted by Crippen LogP contribution is 2.33. The van der Waals surface area contributed by atoms with Gasteiger partial charge in [0.1, 0.15) is 11.6 Å². The Bertz CT molecular complexity index is 399. The molecule has 0 saturated carbocycles. The van der Waals surface area contributed by atoms with Crippen LogP contribution < -0.4 is 10.5 Å². The van der Waals surface area contributed by atoms with Gasteiger partial charge in [-0.15, -0.1) is 0 Å². The van der Waals surface area contributed by atoms with Crippen LogP contribution in [0.1, 0.15) is 18.1 Å². The second kappa shape index (κ2) is 2.72. The van der Waals surface area contributed by atoms with Crippen molar-refractivity contribution in [1.29, 1.82) is 5.41 Å². The first-order valence-electron chi connectivity index (χ1n) is 4.37. The molecule has 1 atom stereocenters. The van der Waals surface area contributed by atoms with Gasteiger partial charge in [0.2, 0.25) is 5.79 Å². The second-order valence-corrected chi connectivity index (χ2v) is 3.69. The summed E-state index contributed by atoms with van der Waals surface area (Å²) < 4.78 is 5.27. The van der Waals surface area contributed by atoms with E-state index in [9.17, 15) is 5.11 Å². The fraction of sp³-hybridized carbons (Fsp3) is 0.300. The predicted octanol–water partition coefficient (Wildman–Crippen LogP) is 0.614. The number of hydrogen-bond acceptors (Lipinski definition) is 3. The van der Waals surface area contributed by atoms with E-state index in [0.29, 0.717) is 17.7 Å². The molecule has 0 bridgehead atoms. The minimum Gasteiger partial charge on any atom is -0.462 e. The number of nitrogens with two attached hydrogens (primary N) is 1. The normalized spacial score (nSPS) is 24.1. The Labute approximate surface area is 81.8 Å². The van der Waals surface area contributed by atoms with E-state index in [1.807, 2.05) is 0 Å². The highest BCUT2D eigenvalue weighted by atomic mass is 16.6. The van der Waals surface area contributed by atoms with Crippen molar-refractivity contribution in [2.24, 2.45) is 5.73 Å². The fourth-order valence-electron chi connectivity index (χ4n) is 1.61. The number of nitrogen functional groups attached to an aromatic ring is 1. The molecule has 0 spiro atoms. The quantitative estimate of drug-likeness (QED) is 0.450. The minimum absolute atomic E-state index is 0.0272. The molecule has 1 aromatic carbocycles. The van der Waals surface area contributed by atoms with Gasteiger partial charge in [-0.2, -0.15) is 0 Å². The Morgan fingerprint density at radius 1 is 1.64 bits per heavy atom. The molecule has 74 valence electrons. The third-order valence-electron chi connectivity index (χ3n) is 2.22. The summed E-state index contributed by atoms with van der Waals surface area (Å²) in [5.74, 6) is -0.433. The van der Waals surface area contributed by atoms with Gasteiger partial charge in [-0.05, 0) is 18.2 Å². The van der Waals surface area contributed by atoms with Crippen molar-refractivity contribution < 1.29 is 9.84 Å². The van der Waals surface area contributed by atoms with Gasteiger partial charge < -0.3 is 15.6 Å². The van der Waals surface area contributed by atoms with E-state index in [2.05, 4.69) is 0 Å². The van der Waals surface area contributed by atoms with Gasteiger partial charge >= 0.3 is 0 Å². The Kier molecular flexibility index (Phi) is 1.75. The summed E-state index contributed by atoms with van der Waals surface area (Å²) in [6.07, 6.45) is 0.434. The van der Waals surface area contributed by atoms with Crippen LogP contribution in [-0.4, -0.2) is 16.7 Å². The van der Waals surface area contributed by atoms with Crippen molar-refractivity contribution in [3.63, 3.8) is 0 Å². The molecule has 2 rings (SSSR count). The summed E-state index contributed by atoms with van der Waals surface area (Å²) in [5.41, 5.74) is 6.90. The number of amidine groups is 1. The average Bonchev–Trinajstić information content (AvgIpc) is 2.36. The van der Waals surface area contributed by atoms with Crippen LogP contribution in [0, 0.1) is 5.41 Å². The van der Waals surface area contributed by atoms with Crippen molar-refractivity contribution in [1.82, 2.24) is 0 Å². The zero-order chi connectivity index (χ0) is 10.3. The first-order valence-corrected chi connectivity index (χ1v) is 4.37. The maximum atomic E-state index is 9.64. The number of rotatable bonds is 1. The fourth-order valence-corrected chi connectivity index (χ4v) is 1.61. The lowest BCUT2D eigenvalue weighted by Crippen LogP contribution is -2.28. The van der Waals surface area contributed by atoms with Crippen LogP contribution in [0.25, 0.3) is 0 Å². The smallest absolute Gasteiger partial charge is 0.209 e. The Hall–Kier alpha value is -1.55. The molecule has 0 radical (unpaired) electrons. The van der Waals surface area contributed by atoms with Crippen LogP contribution in [0.5, 0.6) is 5.75 Å². The molecule has 14 heavy (non-hydrogen) atoms. The zero-order valence-electron chi connectivity index (χ0n) is 7.87. The summed E-state index contributed by atoms with van der Waals surface area (Å²) in [7, 11) is 0. The molecule has 0 saturated heterocycles. The van der Waals surface area contributed by atoms with Crippen molar-refractivity contribution in [3.8, 4) is 5.75 Å². The molecule has 0 aliphatic carbocycles. The van der Waals surface area contributed by atoms with Gasteiger partial charge in [0.25, 0.3) is 0 Å². The Morgan fingerprint density at radius 3 is 3.00 bits per heavy atom. The van der Waals surface area contributed by atoms with Gasteiger partial charge in [0.15, 0.2) is 0 Å². The second-order valence-electron chi connectivity index (χ2n) is 3.69. The molecular weight excluding hydrogens is 180 g/mol. The zero-order valence-corrected chi connectivity index (χ0v) is 7.87. The van der Waals surface area contributed by atoms with Gasteiger partial charge in [-0.1, -0.05) is 0 Å². The maximum Gasteiger partial charge on any atom is 0.209 e. The summed E-state index contributed by atoms with van der Waals surface area (Å²) in [6, 6.07) is 5.22. The standard InChI is InChI=1S/C10H12N2O2/c1-10(13)5-7-4-6(9(11)12)2-3-8(7)14-10/h2-4,13H,5H2,1H3,(H3,11,12). The van der Waals surface area contributed by atoms with Crippen LogP contribution in [0.3, 0.4) is 0 Å². The lowest BCUT2D eigenvalue weighted by atomic mass is 10.1. The minimum atomic E-state index is -1.13. The summed E-state index contributed by atoms with van der Waals surface area (Å²) in [5, 5.41) is 16.9. The Morgan fingerprint density at radius 2 is 2.36 bits per heavy atom. The number of fused-ring (bicyclic) bond motifs is 1. The Balaban J connectivity index is 2.40. The van der Waals surface area contributed by atoms with Crippen molar-refractivity contribution >= 4 is 5.84 Å². The third-order valence-corrected chi connectivity index (χ3v) is 2.22.